The van der Waals surface area contributed by atoms with Crippen LogP contribution in [0.1, 0.15) is 35.1 Å². The zero-order valence-electron chi connectivity index (χ0n) is 13.3. The lowest BCUT2D eigenvalue weighted by atomic mass is 10.2. The van der Waals surface area contributed by atoms with Gasteiger partial charge in [-0.2, -0.15) is 0 Å². The molecule has 1 N–H and O–H groups in total. The highest BCUT2D eigenvalue weighted by molar-refractivity contribution is 5.94. The molecule has 2 aromatic rings. The number of hydrogen-bond donors (Lipinski definition) is 1. The molecule has 0 aliphatic carbocycles. The van der Waals surface area contributed by atoms with Gasteiger partial charge in [-0.1, -0.05) is 13.0 Å². The minimum Gasteiger partial charge on any atom is -0.351 e. The molecule has 0 saturated heterocycles. The van der Waals surface area contributed by atoms with E-state index >= 15 is 0 Å². The lowest BCUT2D eigenvalue weighted by Crippen LogP contribution is -2.28. The number of imidazole rings is 1. The minimum atomic E-state index is -0.0382. The fourth-order valence-electron chi connectivity index (χ4n) is 2.42. The Kier molecular flexibility index (Phi) is 4.96. The second-order valence-electron chi connectivity index (χ2n) is 5.56. The molecule has 21 heavy (non-hydrogen) atoms. The van der Waals surface area contributed by atoms with Crippen molar-refractivity contribution in [3.8, 4) is 0 Å². The maximum absolute atomic E-state index is 12.5. The van der Waals surface area contributed by atoms with Gasteiger partial charge in [0.25, 0.3) is 5.91 Å². The summed E-state index contributed by atoms with van der Waals surface area (Å²) in [4.78, 5) is 19.2. The predicted octanol–water partition coefficient (Wildman–Crippen LogP) is 1.89. The highest BCUT2D eigenvalue weighted by Gasteiger charge is 2.18. The predicted molar refractivity (Wildman–Crippen MR) is 84.8 cm³/mol. The molecule has 0 atom stereocenters. The lowest BCUT2D eigenvalue weighted by Gasteiger charge is -2.10. The molecule has 0 aliphatic heterocycles. The summed E-state index contributed by atoms with van der Waals surface area (Å²) in [5.41, 5.74) is 3.47. The van der Waals surface area contributed by atoms with E-state index in [1.807, 2.05) is 50.7 Å². The zero-order valence-corrected chi connectivity index (χ0v) is 13.3. The number of rotatable bonds is 6. The van der Waals surface area contributed by atoms with Crippen molar-refractivity contribution < 1.29 is 4.79 Å². The molecule has 0 fully saturated rings. The summed E-state index contributed by atoms with van der Waals surface area (Å²) in [5, 5.41) is 3.00. The van der Waals surface area contributed by atoms with Crippen molar-refractivity contribution in [3.63, 3.8) is 0 Å². The first-order chi connectivity index (χ1) is 10.0. The van der Waals surface area contributed by atoms with Crippen LogP contribution in [0.5, 0.6) is 0 Å². The van der Waals surface area contributed by atoms with Gasteiger partial charge in [0.2, 0.25) is 0 Å². The number of amides is 1. The van der Waals surface area contributed by atoms with Gasteiger partial charge in [-0.3, -0.25) is 9.20 Å². The molecule has 5 nitrogen and oxygen atoms in total. The number of nitrogens with one attached hydrogen (secondary N) is 1. The second-order valence-corrected chi connectivity index (χ2v) is 5.56. The van der Waals surface area contributed by atoms with E-state index in [0.717, 1.165) is 36.3 Å². The number of hydrogen-bond acceptors (Lipinski definition) is 3. The molecule has 0 unspecified atom stereocenters. The van der Waals surface area contributed by atoms with Gasteiger partial charge in [0.1, 0.15) is 11.3 Å². The average Bonchev–Trinajstić information content (AvgIpc) is 2.83. The Morgan fingerprint density at radius 1 is 1.43 bits per heavy atom. The Balaban J connectivity index is 2.20. The molecule has 1 amide bonds. The number of carbonyl (C=O) groups is 1. The smallest absolute Gasteiger partial charge is 0.270 e. The molecule has 2 rings (SSSR count). The summed E-state index contributed by atoms with van der Waals surface area (Å²) in [7, 11) is 4.06. The third-order valence-corrected chi connectivity index (χ3v) is 3.53. The van der Waals surface area contributed by atoms with Gasteiger partial charge in [0, 0.05) is 12.7 Å². The van der Waals surface area contributed by atoms with Crippen LogP contribution < -0.4 is 5.32 Å². The first kappa shape index (κ1) is 15.5. The van der Waals surface area contributed by atoms with E-state index in [9.17, 15) is 4.79 Å². The fraction of sp³-hybridized carbons (Fsp3) is 0.500. The summed E-state index contributed by atoms with van der Waals surface area (Å²) in [6.45, 7) is 5.69. The molecule has 0 saturated carbocycles. The van der Waals surface area contributed by atoms with E-state index in [1.165, 1.54) is 0 Å². The van der Waals surface area contributed by atoms with Crippen molar-refractivity contribution in [1.29, 1.82) is 0 Å². The first-order valence-corrected chi connectivity index (χ1v) is 7.44. The summed E-state index contributed by atoms with van der Waals surface area (Å²) < 4.78 is 1.90. The Hall–Kier alpha value is -1.88. The van der Waals surface area contributed by atoms with Crippen molar-refractivity contribution in [3.05, 3.63) is 35.3 Å². The largest absolute Gasteiger partial charge is 0.351 e. The van der Waals surface area contributed by atoms with E-state index < -0.39 is 0 Å². The van der Waals surface area contributed by atoms with Crippen molar-refractivity contribution in [1.82, 2.24) is 19.6 Å². The minimum absolute atomic E-state index is 0.0382. The number of aromatic nitrogens is 2. The molecule has 0 radical (unpaired) electrons. The maximum Gasteiger partial charge on any atom is 0.270 e. The van der Waals surface area contributed by atoms with E-state index in [1.54, 1.807) is 0 Å². The molecule has 0 spiro atoms. The second kappa shape index (κ2) is 6.72. The van der Waals surface area contributed by atoms with Gasteiger partial charge >= 0.3 is 0 Å². The number of pyridine rings is 1. The normalized spacial score (nSPS) is 11.3. The van der Waals surface area contributed by atoms with E-state index in [4.69, 9.17) is 0 Å². The quantitative estimate of drug-likeness (QED) is 0.826. The van der Waals surface area contributed by atoms with Crippen LogP contribution in [0.2, 0.25) is 0 Å². The van der Waals surface area contributed by atoms with Gasteiger partial charge in [0.05, 0.1) is 5.69 Å². The summed E-state index contributed by atoms with van der Waals surface area (Å²) in [6, 6.07) is 3.97. The number of aryl methyl sites for hydroxylation is 2. The molecular formula is C16H24N4O. The van der Waals surface area contributed by atoms with Crippen LogP contribution in [0.4, 0.5) is 0 Å². The summed E-state index contributed by atoms with van der Waals surface area (Å²) >= 11 is 0. The Bertz CT molecular complexity index is 630. The van der Waals surface area contributed by atoms with E-state index in [2.05, 4.69) is 15.2 Å². The van der Waals surface area contributed by atoms with Crippen LogP contribution in [0.25, 0.3) is 5.65 Å². The van der Waals surface area contributed by atoms with E-state index in [0.29, 0.717) is 12.2 Å². The standard InChI is InChI=1S/C16H24N4O/c1-5-13-14(16(21)17-9-7-10-19(3)4)20-11-6-8-12(2)15(20)18-13/h6,8,11H,5,7,9-10H2,1-4H3,(H,17,21). The first-order valence-electron chi connectivity index (χ1n) is 7.44. The third kappa shape index (κ3) is 3.42. The van der Waals surface area contributed by atoms with Gasteiger partial charge in [-0.15, -0.1) is 0 Å². The number of carbonyl (C=O) groups excluding carboxylic acids is 1. The van der Waals surface area contributed by atoms with Crippen LogP contribution in [0, 0.1) is 6.92 Å². The van der Waals surface area contributed by atoms with Crippen molar-refractivity contribution in [2.75, 3.05) is 27.2 Å². The van der Waals surface area contributed by atoms with Gasteiger partial charge in [-0.05, 0) is 52.0 Å². The van der Waals surface area contributed by atoms with Gasteiger partial charge < -0.3 is 10.2 Å². The molecule has 0 bridgehead atoms. The van der Waals surface area contributed by atoms with Crippen LogP contribution in [0.3, 0.4) is 0 Å². The lowest BCUT2D eigenvalue weighted by molar-refractivity contribution is 0.0945. The summed E-state index contributed by atoms with van der Waals surface area (Å²) in [5.74, 6) is -0.0382. The Morgan fingerprint density at radius 2 is 2.19 bits per heavy atom. The van der Waals surface area contributed by atoms with Crippen LogP contribution in [-0.2, 0) is 6.42 Å². The Labute approximate surface area is 126 Å². The average molecular weight is 288 g/mol. The summed E-state index contributed by atoms with van der Waals surface area (Å²) in [6.07, 6.45) is 3.60. The highest BCUT2D eigenvalue weighted by Crippen LogP contribution is 2.16. The van der Waals surface area contributed by atoms with Crippen molar-refractivity contribution in [2.24, 2.45) is 0 Å². The van der Waals surface area contributed by atoms with Crippen molar-refractivity contribution >= 4 is 11.6 Å². The molecular weight excluding hydrogens is 264 g/mol. The van der Waals surface area contributed by atoms with Gasteiger partial charge in [-0.25, -0.2) is 4.98 Å². The molecule has 5 heteroatoms. The van der Waals surface area contributed by atoms with Crippen LogP contribution >= 0.6 is 0 Å². The zero-order chi connectivity index (χ0) is 15.4. The number of fused-ring (bicyclic) bond motifs is 1. The van der Waals surface area contributed by atoms with Crippen molar-refractivity contribution in [2.45, 2.75) is 26.7 Å². The SMILES string of the molecule is CCc1nc2c(C)cccn2c1C(=O)NCCCN(C)C. The number of nitrogens with zero attached hydrogens (tertiary/aromatic N) is 3. The highest BCUT2D eigenvalue weighted by atomic mass is 16.1. The van der Waals surface area contributed by atoms with Crippen LogP contribution in [0.15, 0.2) is 18.3 Å². The van der Waals surface area contributed by atoms with E-state index in [-0.39, 0.29) is 5.91 Å². The van der Waals surface area contributed by atoms with Crippen LogP contribution in [-0.4, -0.2) is 47.4 Å². The molecule has 2 aromatic heterocycles. The third-order valence-electron chi connectivity index (χ3n) is 3.53. The Morgan fingerprint density at radius 3 is 2.86 bits per heavy atom. The maximum atomic E-state index is 12.5. The fourth-order valence-corrected chi connectivity index (χ4v) is 2.42. The monoisotopic (exact) mass is 288 g/mol. The molecule has 2 heterocycles. The molecule has 0 aromatic carbocycles. The topological polar surface area (TPSA) is 49.6 Å². The molecule has 0 aliphatic rings. The van der Waals surface area contributed by atoms with Gasteiger partial charge in [0.15, 0.2) is 0 Å². The molecule has 114 valence electrons.